The van der Waals surface area contributed by atoms with Crippen molar-refractivity contribution in [1.82, 2.24) is 10.3 Å². The van der Waals surface area contributed by atoms with E-state index in [0.717, 1.165) is 5.56 Å². The van der Waals surface area contributed by atoms with Crippen LogP contribution in [0.2, 0.25) is 0 Å². The Morgan fingerprint density at radius 2 is 2.10 bits per heavy atom. The fourth-order valence-corrected chi connectivity index (χ4v) is 2.45. The summed E-state index contributed by atoms with van der Waals surface area (Å²) in [6.07, 6.45) is 4.98. The van der Waals surface area contributed by atoms with Crippen LogP contribution in [0.25, 0.3) is 0 Å². The molecule has 1 aromatic rings. The topological polar surface area (TPSA) is 110 Å². The van der Waals surface area contributed by atoms with Crippen molar-refractivity contribution in [3.05, 3.63) is 30.1 Å². The third kappa shape index (κ3) is 3.49. The van der Waals surface area contributed by atoms with Crippen LogP contribution in [-0.4, -0.2) is 41.7 Å². The van der Waals surface area contributed by atoms with Crippen LogP contribution >= 0.6 is 0 Å². The van der Waals surface area contributed by atoms with Crippen molar-refractivity contribution >= 4 is 11.7 Å². The van der Waals surface area contributed by atoms with Crippen LogP contribution in [0.4, 0.5) is 0 Å². The van der Waals surface area contributed by atoms with Gasteiger partial charge in [0.05, 0.1) is 0 Å². The number of nitrogens with zero attached hydrogens (tertiary/aromatic N) is 2. The van der Waals surface area contributed by atoms with Crippen molar-refractivity contribution in [2.24, 2.45) is 16.3 Å². The first-order valence-corrected chi connectivity index (χ1v) is 6.92. The van der Waals surface area contributed by atoms with Crippen molar-refractivity contribution in [3.63, 3.8) is 0 Å². The summed E-state index contributed by atoms with van der Waals surface area (Å²) >= 11 is 0. The number of ether oxygens (including phenoxy) is 1. The molecule has 7 heteroatoms. The zero-order valence-electron chi connectivity index (χ0n) is 11.8. The molecular formula is C14H20N4O3. The number of amides is 1. The number of carbonyl (C=O) groups excluding carboxylic acids is 1. The van der Waals surface area contributed by atoms with E-state index in [0.29, 0.717) is 39.0 Å². The molecule has 1 aliphatic heterocycles. The second-order valence-corrected chi connectivity index (χ2v) is 5.04. The van der Waals surface area contributed by atoms with Crippen molar-refractivity contribution in [2.75, 3.05) is 19.8 Å². The zero-order valence-corrected chi connectivity index (χ0v) is 11.8. The molecule has 1 aromatic heterocycles. The van der Waals surface area contributed by atoms with Gasteiger partial charge in [0.25, 0.3) is 0 Å². The number of aromatic nitrogens is 1. The number of nitrogens with two attached hydrogens (primary N) is 1. The fraction of sp³-hybridized carbons (Fsp3) is 0.500. The predicted octanol–water partition coefficient (Wildman–Crippen LogP) is 0.284. The molecule has 1 amide bonds. The molecule has 0 aliphatic carbocycles. The Bertz CT molecular complexity index is 498. The van der Waals surface area contributed by atoms with Crippen LogP contribution in [0.5, 0.6) is 0 Å². The van der Waals surface area contributed by atoms with E-state index in [9.17, 15) is 4.79 Å². The van der Waals surface area contributed by atoms with E-state index in [1.165, 1.54) is 0 Å². The van der Waals surface area contributed by atoms with Gasteiger partial charge in [0.1, 0.15) is 5.41 Å². The van der Waals surface area contributed by atoms with Gasteiger partial charge < -0.3 is 21.0 Å². The van der Waals surface area contributed by atoms with Crippen LogP contribution in [-0.2, 0) is 16.0 Å². The van der Waals surface area contributed by atoms with E-state index in [1.54, 1.807) is 12.4 Å². The van der Waals surface area contributed by atoms with Gasteiger partial charge in [-0.1, -0.05) is 5.16 Å². The molecule has 1 aliphatic rings. The molecule has 4 N–H and O–H groups in total. The van der Waals surface area contributed by atoms with E-state index < -0.39 is 5.41 Å². The van der Waals surface area contributed by atoms with Crippen molar-refractivity contribution in [1.29, 1.82) is 0 Å². The molecule has 7 nitrogen and oxygen atoms in total. The summed E-state index contributed by atoms with van der Waals surface area (Å²) in [5, 5.41) is 14.9. The zero-order chi connectivity index (χ0) is 15.1. The summed E-state index contributed by atoms with van der Waals surface area (Å²) in [5.41, 5.74) is 5.87. The molecule has 2 heterocycles. The molecule has 114 valence electrons. The van der Waals surface area contributed by atoms with E-state index in [2.05, 4.69) is 15.5 Å². The summed E-state index contributed by atoms with van der Waals surface area (Å²) in [4.78, 5) is 16.4. The molecule has 1 fully saturated rings. The summed E-state index contributed by atoms with van der Waals surface area (Å²) in [6, 6.07) is 3.81. The molecular weight excluding hydrogens is 272 g/mol. The monoisotopic (exact) mass is 292 g/mol. The van der Waals surface area contributed by atoms with Crippen LogP contribution < -0.4 is 11.1 Å². The Labute approximate surface area is 123 Å². The lowest BCUT2D eigenvalue weighted by Gasteiger charge is -2.34. The highest BCUT2D eigenvalue weighted by atomic mass is 16.5. The minimum atomic E-state index is -0.967. The highest BCUT2D eigenvalue weighted by molar-refractivity contribution is 6.06. The molecule has 0 atom stereocenters. The predicted molar refractivity (Wildman–Crippen MR) is 76.8 cm³/mol. The first kappa shape index (κ1) is 15.2. The Hall–Kier alpha value is -2.15. The number of pyridine rings is 1. The minimum Gasteiger partial charge on any atom is -0.409 e. The maximum atomic E-state index is 12.5. The third-order valence-corrected chi connectivity index (χ3v) is 3.83. The lowest BCUT2D eigenvalue weighted by Crippen LogP contribution is -2.53. The molecule has 21 heavy (non-hydrogen) atoms. The van der Waals surface area contributed by atoms with E-state index >= 15 is 0 Å². The van der Waals surface area contributed by atoms with Gasteiger partial charge in [-0.3, -0.25) is 9.78 Å². The number of hydrogen-bond acceptors (Lipinski definition) is 5. The first-order valence-electron chi connectivity index (χ1n) is 6.92. The minimum absolute atomic E-state index is 0.0489. The van der Waals surface area contributed by atoms with Gasteiger partial charge in [-0.15, -0.1) is 0 Å². The quantitative estimate of drug-likeness (QED) is 0.312. The second kappa shape index (κ2) is 7.03. The summed E-state index contributed by atoms with van der Waals surface area (Å²) in [5.74, 6) is -0.262. The van der Waals surface area contributed by atoms with Crippen molar-refractivity contribution in [3.8, 4) is 0 Å². The SMILES string of the molecule is NC(=NO)C1(C(=O)NCCc2ccncc2)CCOCC1. The van der Waals surface area contributed by atoms with Crippen LogP contribution in [0.1, 0.15) is 18.4 Å². The lowest BCUT2D eigenvalue weighted by atomic mass is 9.78. The van der Waals surface area contributed by atoms with Gasteiger partial charge >= 0.3 is 0 Å². The summed E-state index contributed by atoms with van der Waals surface area (Å²) in [7, 11) is 0. The molecule has 0 saturated carbocycles. The van der Waals surface area contributed by atoms with E-state index in [4.69, 9.17) is 15.7 Å². The Morgan fingerprint density at radius 1 is 1.43 bits per heavy atom. The van der Waals surface area contributed by atoms with Crippen molar-refractivity contribution in [2.45, 2.75) is 19.3 Å². The number of amidine groups is 1. The third-order valence-electron chi connectivity index (χ3n) is 3.83. The number of carbonyl (C=O) groups is 1. The van der Waals surface area contributed by atoms with Crippen molar-refractivity contribution < 1.29 is 14.7 Å². The Morgan fingerprint density at radius 3 is 2.71 bits per heavy atom. The number of hydrogen-bond donors (Lipinski definition) is 3. The molecule has 0 radical (unpaired) electrons. The molecule has 0 spiro atoms. The highest BCUT2D eigenvalue weighted by Crippen LogP contribution is 2.31. The van der Waals surface area contributed by atoms with Crippen LogP contribution in [0.3, 0.4) is 0 Å². The van der Waals surface area contributed by atoms with E-state index in [-0.39, 0.29) is 11.7 Å². The van der Waals surface area contributed by atoms with E-state index in [1.807, 2.05) is 12.1 Å². The summed E-state index contributed by atoms with van der Waals surface area (Å²) < 4.78 is 5.26. The Kier molecular flexibility index (Phi) is 5.10. The number of nitrogens with one attached hydrogen (secondary N) is 1. The normalized spacial score (nSPS) is 18.2. The average Bonchev–Trinajstić information content (AvgIpc) is 2.55. The lowest BCUT2D eigenvalue weighted by molar-refractivity contribution is -0.131. The molecule has 2 rings (SSSR count). The van der Waals surface area contributed by atoms with Crippen LogP contribution in [0, 0.1) is 5.41 Å². The highest BCUT2D eigenvalue weighted by Gasteiger charge is 2.44. The molecule has 1 saturated heterocycles. The summed E-state index contributed by atoms with van der Waals surface area (Å²) in [6.45, 7) is 1.34. The van der Waals surface area contributed by atoms with Gasteiger partial charge in [-0.2, -0.15) is 0 Å². The molecule has 0 bridgehead atoms. The van der Waals surface area contributed by atoms with Crippen LogP contribution in [0.15, 0.2) is 29.7 Å². The maximum Gasteiger partial charge on any atom is 0.234 e. The smallest absolute Gasteiger partial charge is 0.234 e. The van der Waals surface area contributed by atoms with Gasteiger partial charge in [0, 0.05) is 32.2 Å². The average molecular weight is 292 g/mol. The second-order valence-electron chi connectivity index (χ2n) is 5.04. The van der Waals surface area contributed by atoms with Gasteiger partial charge in [0.2, 0.25) is 5.91 Å². The Balaban J connectivity index is 1.96. The van der Waals surface area contributed by atoms with Gasteiger partial charge in [-0.25, -0.2) is 0 Å². The standard InChI is InChI=1S/C14H20N4O3/c15-12(18-20)14(4-9-21-10-5-14)13(19)17-8-3-11-1-6-16-7-2-11/h1-2,6-7,20H,3-5,8-10H2,(H2,15,18)(H,17,19). The van der Waals surface area contributed by atoms with Gasteiger partial charge in [-0.05, 0) is 37.0 Å². The first-order chi connectivity index (χ1) is 10.2. The number of oxime groups is 1. The van der Waals surface area contributed by atoms with Gasteiger partial charge in [0.15, 0.2) is 5.84 Å². The maximum absolute atomic E-state index is 12.5. The molecule has 0 unspecified atom stereocenters. The largest absolute Gasteiger partial charge is 0.409 e. The molecule has 0 aromatic carbocycles. The fourth-order valence-electron chi connectivity index (χ4n) is 2.45. The number of rotatable bonds is 5.